The Labute approximate surface area is 145 Å². The molecule has 1 atom stereocenters. The van der Waals surface area contributed by atoms with E-state index in [4.69, 9.17) is 4.52 Å². The van der Waals surface area contributed by atoms with Gasteiger partial charge in [-0.15, -0.1) is 0 Å². The largest absolute Gasteiger partial charge is 0.351 e. The monoisotopic (exact) mass is 336 g/mol. The highest BCUT2D eigenvalue weighted by Gasteiger charge is 2.36. The van der Waals surface area contributed by atoms with Gasteiger partial charge in [0, 0.05) is 23.4 Å². The van der Waals surface area contributed by atoms with Crippen LogP contribution in [0.15, 0.2) is 28.8 Å². The van der Waals surface area contributed by atoms with Crippen molar-refractivity contribution in [2.75, 3.05) is 6.54 Å². The lowest BCUT2D eigenvalue weighted by Gasteiger charge is -2.21. The number of amides is 1. The number of H-pyrrole nitrogens is 1. The normalized spacial score (nSPS) is 20.5. The van der Waals surface area contributed by atoms with Gasteiger partial charge >= 0.3 is 0 Å². The summed E-state index contributed by atoms with van der Waals surface area (Å²) in [5.41, 5.74) is 2.79. The van der Waals surface area contributed by atoms with Crippen LogP contribution >= 0.6 is 0 Å². The summed E-state index contributed by atoms with van der Waals surface area (Å²) in [4.78, 5) is 22.7. The lowest BCUT2D eigenvalue weighted by atomic mass is 10.2. The molecule has 0 spiro atoms. The van der Waals surface area contributed by atoms with Gasteiger partial charge < -0.3 is 14.4 Å². The van der Waals surface area contributed by atoms with Crippen molar-refractivity contribution in [3.63, 3.8) is 0 Å². The third-order valence-electron chi connectivity index (χ3n) is 5.20. The van der Waals surface area contributed by atoms with E-state index in [0.29, 0.717) is 17.4 Å². The fourth-order valence-electron chi connectivity index (χ4n) is 3.67. The Morgan fingerprint density at radius 2 is 2.16 bits per heavy atom. The molecule has 3 heterocycles. The average Bonchev–Trinajstić information content (AvgIpc) is 3.04. The first-order valence-corrected chi connectivity index (χ1v) is 8.93. The van der Waals surface area contributed by atoms with Gasteiger partial charge in [-0.05, 0) is 50.3 Å². The van der Waals surface area contributed by atoms with Gasteiger partial charge in [-0.3, -0.25) is 4.79 Å². The molecule has 3 aromatic rings. The predicted molar refractivity (Wildman–Crippen MR) is 92.3 cm³/mol. The van der Waals surface area contributed by atoms with Crippen LogP contribution in [0.1, 0.15) is 65.4 Å². The molecule has 0 bridgehead atoms. The van der Waals surface area contributed by atoms with Crippen LogP contribution in [0.4, 0.5) is 0 Å². The van der Waals surface area contributed by atoms with Gasteiger partial charge in [0.2, 0.25) is 5.89 Å². The molecule has 25 heavy (non-hydrogen) atoms. The van der Waals surface area contributed by atoms with Gasteiger partial charge in [-0.2, -0.15) is 4.98 Å². The molecule has 1 aliphatic heterocycles. The highest BCUT2D eigenvalue weighted by Crippen LogP contribution is 2.40. The number of hydrogen-bond donors (Lipinski definition) is 1. The highest BCUT2D eigenvalue weighted by atomic mass is 16.5. The average molecular weight is 336 g/mol. The maximum Gasteiger partial charge on any atom is 0.270 e. The number of nitrogens with one attached hydrogen (secondary N) is 1. The summed E-state index contributed by atoms with van der Waals surface area (Å²) in [5, 5.41) is 5.21. The smallest absolute Gasteiger partial charge is 0.270 e. The van der Waals surface area contributed by atoms with Crippen LogP contribution in [0.5, 0.6) is 0 Å². The molecule has 2 aliphatic rings. The first-order chi connectivity index (χ1) is 12.2. The molecule has 6 nitrogen and oxygen atoms in total. The molecule has 1 aromatic carbocycles. The second kappa shape index (κ2) is 5.44. The van der Waals surface area contributed by atoms with Crippen molar-refractivity contribution in [1.29, 1.82) is 0 Å². The van der Waals surface area contributed by atoms with E-state index in [0.717, 1.165) is 49.0 Å². The molecule has 1 saturated heterocycles. The third kappa shape index (κ3) is 2.52. The molecular formula is C19H20N4O2. The number of fused-ring (bicyclic) bond motifs is 1. The van der Waals surface area contributed by atoms with Crippen molar-refractivity contribution < 1.29 is 9.32 Å². The molecule has 1 saturated carbocycles. The molecule has 128 valence electrons. The maximum absolute atomic E-state index is 13.0. The van der Waals surface area contributed by atoms with Crippen molar-refractivity contribution in [2.45, 2.75) is 44.6 Å². The molecule has 6 heteroatoms. The lowest BCUT2D eigenvalue weighted by Crippen LogP contribution is -2.31. The SMILES string of the molecule is Cc1ccc2cc(C(=O)N3CCC[C@H]3c3noc(C4CC4)n3)[nH]c2c1. The van der Waals surface area contributed by atoms with Gasteiger partial charge in [0.25, 0.3) is 5.91 Å². The summed E-state index contributed by atoms with van der Waals surface area (Å²) >= 11 is 0. The lowest BCUT2D eigenvalue weighted by molar-refractivity contribution is 0.0723. The van der Waals surface area contributed by atoms with Crippen molar-refractivity contribution >= 4 is 16.8 Å². The zero-order chi connectivity index (χ0) is 17.0. The number of aromatic amines is 1. The van der Waals surface area contributed by atoms with Crippen LogP contribution in [0.2, 0.25) is 0 Å². The third-order valence-corrected chi connectivity index (χ3v) is 5.20. The predicted octanol–water partition coefficient (Wildman–Crippen LogP) is 3.71. The van der Waals surface area contributed by atoms with Gasteiger partial charge in [-0.25, -0.2) is 0 Å². The summed E-state index contributed by atoms with van der Waals surface area (Å²) in [6, 6.07) is 8.01. The number of benzene rings is 1. The minimum Gasteiger partial charge on any atom is -0.351 e. The fourth-order valence-corrected chi connectivity index (χ4v) is 3.67. The maximum atomic E-state index is 13.0. The van der Waals surface area contributed by atoms with Gasteiger partial charge in [0.05, 0.1) is 6.04 Å². The second-order valence-electron chi connectivity index (χ2n) is 7.20. The van der Waals surface area contributed by atoms with Crippen molar-refractivity contribution in [3.05, 3.63) is 47.2 Å². The number of rotatable bonds is 3. The topological polar surface area (TPSA) is 75.0 Å². The van der Waals surface area contributed by atoms with E-state index in [1.165, 1.54) is 5.56 Å². The van der Waals surface area contributed by atoms with E-state index in [1.54, 1.807) is 0 Å². The Kier molecular flexibility index (Phi) is 3.20. The molecule has 2 fully saturated rings. The van der Waals surface area contributed by atoms with Gasteiger partial charge in [0.1, 0.15) is 5.69 Å². The van der Waals surface area contributed by atoms with Crippen LogP contribution in [-0.2, 0) is 0 Å². The van der Waals surface area contributed by atoms with E-state index < -0.39 is 0 Å². The summed E-state index contributed by atoms with van der Waals surface area (Å²) in [7, 11) is 0. The number of carbonyl (C=O) groups is 1. The Balaban J connectivity index is 1.44. The van der Waals surface area contributed by atoms with Crippen LogP contribution in [0.25, 0.3) is 10.9 Å². The Morgan fingerprint density at radius 3 is 3.00 bits per heavy atom. The Morgan fingerprint density at radius 1 is 1.28 bits per heavy atom. The number of carbonyl (C=O) groups excluding carboxylic acids is 1. The van der Waals surface area contributed by atoms with Crippen LogP contribution in [-0.4, -0.2) is 32.5 Å². The summed E-state index contributed by atoms with van der Waals surface area (Å²) < 4.78 is 5.39. The number of aromatic nitrogens is 3. The zero-order valence-corrected chi connectivity index (χ0v) is 14.2. The van der Waals surface area contributed by atoms with Crippen LogP contribution in [0.3, 0.4) is 0 Å². The fraction of sp³-hybridized carbons (Fsp3) is 0.421. The van der Waals surface area contributed by atoms with Gasteiger partial charge in [0.15, 0.2) is 5.82 Å². The van der Waals surface area contributed by atoms with E-state index in [9.17, 15) is 4.79 Å². The van der Waals surface area contributed by atoms with Crippen molar-refractivity contribution in [1.82, 2.24) is 20.0 Å². The molecular weight excluding hydrogens is 316 g/mol. The second-order valence-corrected chi connectivity index (χ2v) is 7.20. The number of nitrogens with zero attached hydrogens (tertiary/aromatic N) is 3. The Bertz CT molecular complexity index is 953. The van der Waals surface area contributed by atoms with E-state index in [1.807, 2.05) is 24.0 Å². The number of hydrogen-bond acceptors (Lipinski definition) is 4. The summed E-state index contributed by atoms with van der Waals surface area (Å²) in [6.07, 6.45) is 4.10. The number of likely N-dealkylation sites (tertiary alicyclic amines) is 1. The molecule has 1 amide bonds. The molecule has 0 unspecified atom stereocenters. The minimum atomic E-state index is -0.0862. The summed E-state index contributed by atoms with van der Waals surface area (Å²) in [5.74, 6) is 1.83. The van der Waals surface area contributed by atoms with Gasteiger partial charge in [-0.1, -0.05) is 17.3 Å². The van der Waals surface area contributed by atoms with E-state index >= 15 is 0 Å². The quantitative estimate of drug-likeness (QED) is 0.791. The minimum absolute atomic E-state index is 0.00845. The van der Waals surface area contributed by atoms with Crippen LogP contribution < -0.4 is 0 Å². The first kappa shape index (κ1) is 14.7. The summed E-state index contributed by atoms with van der Waals surface area (Å²) in [6.45, 7) is 2.77. The molecule has 1 N–H and O–H groups in total. The first-order valence-electron chi connectivity index (χ1n) is 8.93. The standard InChI is InChI=1S/C19H20N4O2/c1-11-4-5-13-10-15(20-14(13)9-11)19(24)23-8-2-3-16(23)17-21-18(25-22-17)12-6-7-12/h4-5,9-10,12,16,20H,2-3,6-8H2,1H3/t16-/m0/s1. The van der Waals surface area contributed by atoms with Crippen molar-refractivity contribution in [2.24, 2.45) is 0 Å². The van der Waals surface area contributed by atoms with E-state index in [2.05, 4.69) is 27.3 Å². The van der Waals surface area contributed by atoms with E-state index in [-0.39, 0.29) is 11.9 Å². The van der Waals surface area contributed by atoms with Crippen LogP contribution in [0, 0.1) is 6.92 Å². The Hall–Kier alpha value is -2.63. The molecule has 1 aliphatic carbocycles. The van der Waals surface area contributed by atoms with Crippen molar-refractivity contribution in [3.8, 4) is 0 Å². The molecule has 0 radical (unpaired) electrons. The highest BCUT2D eigenvalue weighted by molar-refractivity contribution is 5.98. The molecule has 2 aromatic heterocycles. The molecule has 5 rings (SSSR count). The number of aryl methyl sites for hydroxylation is 1. The zero-order valence-electron chi connectivity index (χ0n) is 14.2.